The highest BCUT2D eigenvalue weighted by Gasteiger charge is 2.25. The summed E-state index contributed by atoms with van der Waals surface area (Å²) in [6.07, 6.45) is 0. The second-order valence-electron chi connectivity index (χ2n) is 8.62. The SMILES string of the molecule is CC(C)N([SiH2]CC[SiH2]N(C(C)C)C(C)(C)C)C(C)(C)C. The van der Waals surface area contributed by atoms with E-state index in [1.807, 2.05) is 0 Å². The Balaban J connectivity index is 4.30. The van der Waals surface area contributed by atoms with E-state index in [4.69, 9.17) is 0 Å². The molecule has 0 aliphatic rings. The molecule has 0 aromatic carbocycles. The Morgan fingerprint density at radius 3 is 1.05 bits per heavy atom. The zero-order chi connectivity index (χ0) is 16.1. The fourth-order valence-electron chi connectivity index (χ4n) is 3.30. The molecule has 0 N–H and O–H groups in total. The largest absolute Gasteiger partial charge is 0.322 e. The number of nitrogens with zero attached hydrogens (tertiary/aromatic N) is 2. The number of hydrogen-bond acceptors (Lipinski definition) is 2. The standard InChI is InChI=1S/C16H40N2Si2/c1-13(2)17(15(5,6)7)19-11-12-20-18(14(3)4)16(8,9)10/h13-14H,11-12,19-20H2,1-10H3. The van der Waals surface area contributed by atoms with E-state index in [0.717, 1.165) is 0 Å². The molecule has 0 bridgehead atoms. The molecule has 0 aliphatic carbocycles. The molecule has 2 nitrogen and oxygen atoms in total. The van der Waals surface area contributed by atoms with E-state index in [2.05, 4.69) is 78.4 Å². The zero-order valence-corrected chi connectivity index (χ0v) is 18.7. The lowest BCUT2D eigenvalue weighted by Crippen LogP contribution is -2.49. The monoisotopic (exact) mass is 316 g/mol. The summed E-state index contributed by atoms with van der Waals surface area (Å²) >= 11 is 0. The van der Waals surface area contributed by atoms with E-state index in [-0.39, 0.29) is 19.4 Å². The summed E-state index contributed by atoms with van der Waals surface area (Å²) in [6.45, 7) is 23.6. The van der Waals surface area contributed by atoms with E-state index in [1.165, 1.54) is 12.1 Å². The predicted octanol–water partition coefficient (Wildman–Crippen LogP) is 3.01. The molecule has 0 amide bonds. The van der Waals surface area contributed by atoms with Crippen molar-refractivity contribution in [1.82, 2.24) is 9.13 Å². The van der Waals surface area contributed by atoms with Crippen LogP contribution in [0, 0.1) is 0 Å². The lowest BCUT2D eigenvalue weighted by Gasteiger charge is -2.41. The van der Waals surface area contributed by atoms with Gasteiger partial charge in [0.05, 0.1) is 19.4 Å². The average Bonchev–Trinajstić information content (AvgIpc) is 2.17. The van der Waals surface area contributed by atoms with Crippen molar-refractivity contribution in [3.05, 3.63) is 0 Å². The Kier molecular flexibility index (Phi) is 8.25. The van der Waals surface area contributed by atoms with Crippen molar-refractivity contribution in [1.29, 1.82) is 0 Å². The van der Waals surface area contributed by atoms with Gasteiger partial charge in [0.25, 0.3) is 0 Å². The van der Waals surface area contributed by atoms with Crippen molar-refractivity contribution < 1.29 is 0 Å². The van der Waals surface area contributed by atoms with Gasteiger partial charge in [-0.1, -0.05) is 39.8 Å². The minimum atomic E-state index is -0.0963. The van der Waals surface area contributed by atoms with Crippen LogP contribution in [0.1, 0.15) is 69.2 Å². The molecule has 4 heteroatoms. The normalized spacial score (nSPS) is 15.3. The Bertz CT molecular complexity index is 237. The average molecular weight is 317 g/mol. The van der Waals surface area contributed by atoms with Gasteiger partial charge in [-0.25, -0.2) is 0 Å². The molecule has 20 heavy (non-hydrogen) atoms. The Hall–Kier alpha value is 0.354. The molecule has 0 fully saturated rings. The van der Waals surface area contributed by atoms with Gasteiger partial charge in [-0.15, -0.1) is 0 Å². The maximum Gasteiger partial charge on any atom is 0.0957 e. The Morgan fingerprint density at radius 1 is 0.650 bits per heavy atom. The lowest BCUT2D eigenvalue weighted by atomic mass is 10.1. The van der Waals surface area contributed by atoms with E-state index < -0.39 is 0 Å². The second-order valence-corrected chi connectivity index (χ2v) is 12.3. The molecule has 0 rings (SSSR count). The summed E-state index contributed by atoms with van der Waals surface area (Å²) < 4.78 is 5.55. The molecule has 0 aromatic heterocycles. The van der Waals surface area contributed by atoms with Crippen molar-refractivity contribution in [2.45, 2.75) is 104 Å². The van der Waals surface area contributed by atoms with Crippen LogP contribution in [0.4, 0.5) is 0 Å². The molecule has 0 radical (unpaired) electrons. The van der Waals surface area contributed by atoms with Gasteiger partial charge < -0.3 is 9.13 Å². The smallest absolute Gasteiger partial charge is 0.0957 e. The van der Waals surface area contributed by atoms with Crippen molar-refractivity contribution in [3.8, 4) is 0 Å². The third-order valence-electron chi connectivity index (χ3n) is 4.02. The van der Waals surface area contributed by atoms with Gasteiger partial charge in [-0.2, -0.15) is 0 Å². The minimum absolute atomic E-state index is 0.0963. The van der Waals surface area contributed by atoms with Gasteiger partial charge in [0.1, 0.15) is 0 Å². The van der Waals surface area contributed by atoms with Crippen LogP contribution >= 0.6 is 0 Å². The maximum absolute atomic E-state index is 2.78. The summed E-state index contributed by atoms with van der Waals surface area (Å²) in [5.74, 6) is 0. The molecule has 0 aliphatic heterocycles. The van der Waals surface area contributed by atoms with Crippen molar-refractivity contribution >= 4 is 19.4 Å². The molecule has 0 spiro atoms. The first-order valence-corrected chi connectivity index (χ1v) is 11.7. The fourth-order valence-corrected chi connectivity index (χ4v) is 8.15. The van der Waals surface area contributed by atoms with Crippen LogP contribution < -0.4 is 0 Å². The first kappa shape index (κ1) is 20.4. The molecule has 0 saturated heterocycles. The number of rotatable bonds is 7. The molecule has 0 heterocycles. The zero-order valence-electron chi connectivity index (χ0n) is 15.9. The highest BCUT2D eigenvalue weighted by molar-refractivity contribution is 6.39. The van der Waals surface area contributed by atoms with E-state index in [0.29, 0.717) is 23.2 Å². The Labute approximate surface area is 133 Å². The van der Waals surface area contributed by atoms with Gasteiger partial charge in [-0.3, -0.25) is 0 Å². The first-order valence-electron chi connectivity index (χ1n) is 8.41. The van der Waals surface area contributed by atoms with Crippen LogP contribution in [0.3, 0.4) is 0 Å². The van der Waals surface area contributed by atoms with E-state index >= 15 is 0 Å². The molecule has 0 saturated carbocycles. The molecular formula is C16H40N2Si2. The highest BCUT2D eigenvalue weighted by atomic mass is 28.2. The van der Waals surface area contributed by atoms with E-state index in [1.54, 1.807) is 0 Å². The molecule has 122 valence electrons. The molecule has 0 aromatic rings. The molecule has 0 atom stereocenters. The minimum Gasteiger partial charge on any atom is -0.322 e. The van der Waals surface area contributed by atoms with Crippen molar-refractivity contribution in [2.75, 3.05) is 0 Å². The van der Waals surface area contributed by atoms with Gasteiger partial charge >= 0.3 is 0 Å². The van der Waals surface area contributed by atoms with Crippen LogP contribution in [0.5, 0.6) is 0 Å². The molecular weight excluding hydrogens is 276 g/mol. The summed E-state index contributed by atoms with van der Waals surface area (Å²) in [5, 5.41) is 0. The van der Waals surface area contributed by atoms with Crippen LogP contribution in [0.15, 0.2) is 0 Å². The highest BCUT2D eigenvalue weighted by Crippen LogP contribution is 2.19. The van der Waals surface area contributed by atoms with Crippen LogP contribution in [-0.4, -0.2) is 51.7 Å². The first-order chi connectivity index (χ1) is 8.87. The maximum atomic E-state index is 2.78. The van der Waals surface area contributed by atoms with Gasteiger partial charge in [0, 0.05) is 11.1 Å². The quantitative estimate of drug-likeness (QED) is 0.526. The third kappa shape index (κ3) is 7.39. The predicted molar refractivity (Wildman–Crippen MR) is 100 cm³/mol. The molecule has 0 unspecified atom stereocenters. The van der Waals surface area contributed by atoms with Gasteiger partial charge in [0.15, 0.2) is 0 Å². The summed E-state index contributed by atoms with van der Waals surface area (Å²) in [7, 11) is -0.193. The summed E-state index contributed by atoms with van der Waals surface area (Å²) in [6, 6.07) is 4.38. The third-order valence-corrected chi connectivity index (χ3v) is 11.0. The summed E-state index contributed by atoms with van der Waals surface area (Å²) in [4.78, 5) is 0. The van der Waals surface area contributed by atoms with E-state index in [9.17, 15) is 0 Å². The summed E-state index contributed by atoms with van der Waals surface area (Å²) in [5.41, 5.74) is 0.702. The second kappa shape index (κ2) is 8.11. The van der Waals surface area contributed by atoms with Crippen LogP contribution in [-0.2, 0) is 0 Å². The number of hydrogen-bond donors (Lipinski definition) is 0. The fraction of sp³-hybridized carbons (Fsp3) is 1.00. The van der Waals surface area contributed by atoms with Crippen LogP contribution in [0.25, 0.3) is 0 Å². The van der Waals surface area contributed by atoms with Crippen molar-refractivity contribution in [3.63, 3.8) is 0 Å². The van der Waals surface area contributed by atoms with Gasteiger partial charge in [0.2, 0.25) is 0 Å². The van der Waals surface area contributed by atoms with Crippen LogP contribution in [0.2, 0.25) is 12.1 Å². The van der Waals surface area contributed by atoms with Crippen molar-refractivity contribution in [2.24, 2.45) is 0 Å². The Morgan fingerprint density at radius 2 is 0.900 bits per heavy atom. The lowest BCUT2D eigenvalue weighted by molar-refractivity contribution is 0.208. The van der Waals surface area contributed by atoms with Gasteiger partial charge in [-0.05, 0) is 53.6 Å². The topological polar surface area (TPSA) is 6.48 Å².